The number of methoxy groups -OCH3 is 2. The van der Waals surface area contributed by atoms with E-state index in [9.17, 15) is 14.4 Å². The first-order chi connectivity index (χ1) is 15.2. The Morgan fingerprint density at radius 2 is 1.72 bits per heavy atom. The fourth-order valence-corrected chi connectivity index (χ4v) is 3.70. The maximum absolute atomic E-state index is 12.5. The van der Waals surface area contributed by atoms with Gasteiger partial charge in [-0.1, -0.05) is 23.7 Å². The van der Waals surface area contributed by atoms with E-state index in [4.69, 9.17) is 25.8 Å². The van der Waals surface area contributed by atoms with Crippen molar-refractivity contribution in [1.29, 1.82) is 0 Å². The fourth-order valence-electron chi connectivity index (χ4n) is 2.62. The molecule has 2 aromatic carbocycles. The van der Waals surface area contributed by atoms with Gasteiger partial charge in [0.2, 0.25) is 5.91 Å². The standard InChI is InChI=1S/C22H25ClN2O6S/c1-13(2)24-21(27)12-32-19-8-6-5-7-14(19)22(28)31-11-20(26)25-16-10-17(29-3)15(23)9-18(16)30-4/h5-10,13H,11-12H2,1-4H3,(H,24,27)(H,25,26). The third-order valence-corrected chi connectivity index (χ3v) is 5.37. The number of carbonyl (C=O) groups excluding carboxylic acids is 3. The van der Waals surface area contributed by atoms with Crippen molar-refractivity contribution in [2.45, 2.75) is 24.8 Å². The average molecular weight is 481 g/mol. The van der Waals surface area contributed by atoms with E-state index >= 15 is 0 Å². The third kappa shape index (κ3) is 7.35. The van der Waals surface area contributed by atoms with Gasteiger partial charge in [0, 0.05) is 23.1 Å². The van der Waals surface area contributed by atoms with Crippen LogP contribution in [0.15, 0.2) is 41.3 Å². The molecule has 32 heavy (non-hydrogen) atoms. The summed E-state index contributed by atoms with van der Waals surface area (Å²) in [6, 6.07) is 9.78. The maximum Gasteiger partial charge on any atom is 0.339 e. The minimum atomic E-state index is -0.673. The topological polar surface area (TPSA) is 103 Å². The van der Waals surface area contributed by atoms with Crippen LogP contribution >= 0.6 is 23.4 Å². The molecule has 0 aliphatic rings. The lowest BCUT2D eigenvalue weighted by atomic mass is 10.2. The average Bonchev–Trinajstić information content (AvgIpc) is 2.76. The van der Waals surface area contributed by atoms with Crippen LogP contribution in [0.5, 0.6) is 11.5 Å². The third-order valence-electron chi connectivity index (χ3n) is 4.00. The van der Waals surface area contributed by atoms with Gasteiger partial charge >= 0.3 is 5.97 Å². The molecule has 0 atom stereocenters. The normalized spacial score (nSPS) is 10.4. The summed E-state index contributed by atoms with van der Waals surface area (Å²) in [6.07, 6.45) is 0. The number of ether oxygens (including phenoxy) is 3. The van der Waals surface area contributed by atoms with Crippen LogP contribution in [0, 0.1) is 0 Å². The predicted molar refractivity (Wildman–Crippen MR) is 124 cm³/mol. The molecule has 10 heteroatoms. The summed E-state index contributed by atoms with van der Waals surface area (Å²) in [7, 11) is 2.88. The number of esters is 1. The first kappa shape index (κ1) is 25.4. The van der Waals surface area contributed by atoms with Crippen LogP contribution in [0.2, 0.25) is 5.02 Å². The molecule has 8 nitrogen and oxygen atoms in total. The van der Waals surface area contributed by atoms with Crippen molar-refractivity contribution in [3.63, 3.8) is 0 Å². The number of hydrogen-bond donors (Lipinski definition) is 2. The summed E-state index contributed by atoms with van der Waals surface area (Å²) in [6.45, 7) is 3.23. The Morgan fingerprint density at radius 1 is 1.03 bits per heavy atom. The minimum Gasteiger partial charge on any atom is -0.495 e. The smallest absolute Gasteiger partial charge is 0.339 e. The van der Waals surface area contributed by atoms with E-state index in [0.717, 1.165) is 0 Å². The lowest BCUT2D eigenvalue weighted by molar-refractivity contribution is -0.119. The molecule has 0 saturated heterocycles. The highest BCUT2D eigenvalue weighted by atomic mass is 35.5. The Bertz CT molecular complexity index is 983. The molecule has 0 fully saturated rings. The highest BCUT2D eigenvalue weighted by Gasteiger charge is 2.17. The molecule has 0 unspecified atom stereocenters. The summed E-state index contributed by atoms with van der Waals surface area (Å²) in [5.41, 5.74) is 0.593. The van der Waals surface area contributed by atoms with E-state index in [0.29, 0.717) is 27.1 Å². The Balaban J connectivity index is 2.00. The largest absolute Gasteiger partial charge is 0.495 e. The van der Waals surface area contributed by atoms with Gasteiger partial charge in [-0.2, -0.15) is 0 Å². The number of rotatable bonds is 10. The molecule has 0 heterocycles. The Hall–Kier alpha value is -2.91. The number of halogens is 1. The zero-order chi connectivity index (χ0) is 23.7. The van der Waals surface area contributed by atoms with Crippen molar-refractivity contribution in [2.24, 2.45) is 0 Å². The van der Waals surface area contributed by atoms with Crippen molar-refractivity contribution in [1.82, 2.24) is 5.32 Å². The molecule has 0 spiro atoms. The van der Waals surface area contributed by atoms with Gasteiger partial charge in [-0.3, -0.25) is 9.59 Å². The second-order valence-corrected chi connectivity index (χ2v) is 8.24. The molecule has 0 aromatic heterocycles. The van der Waals surface area contributed by atoms with Gasteiger partial charge in [-0.25, -0.2) is 4.79 Å². The lowest BCUT2D eigenvalue weighted by Crippen LogP contribution is -2.31. The number of anilines is 1. The molecule has 0 saturated carbocycles. The fraction of sp³-hybridized carbons (Fsp3) is 0.318. The van der Waals surface area contributed by atoms with E-state index in [2.05, 4.69) is 10.6 Å². The van der Waals surface area contributed by atoms with Crippen LogP contribution < -0.4 is 20.1 Å². The van der Waals surface area contributed by atoms with Crippen molar-refractivity contribution in [2.75, 3.05) is 31.9 Å². The van der Waals surface area contributed by atoms with Crippen LogP contribution in [-0.4, -0.2) is 50.4 Å². The monoisotopic (exact) mass is 480 g/mol. The SMILES string of the molecule is COc1cc(NC(=O)COC(=O)c2ccccc2SCC(=O)NC(C)C)c(OC)cc1Cl. The van der Waals surface area contributed by atoms with Gasteiger partial charge in [-0.15, -0.1) is 11.8 Å². The summed E-state index contributed by atoms with van der Waals surface area (Å²) in [4.78, 5) is 37.3. The summed E-state index contributed by atoms with van der Waals surface area (Å²) >= 11 is 7.27. The Morgan fingerprint density at radius 3 is 2.38 bits per heavy atom. The number of benzene rings is 2. The van der Waals surface area contributed by atoms with Gasteiger partial charge < -0.3 is 24.8 Å². The quantitative estimate of drug-likeness (QED) is 0.394. The summed E-state index contributed by atoms with van der Waals surface area (Å²) in [5.74, 6) is -0.541. The number of hydrogen-bond acceptors (Lipinski definition) is 7. The van der Waals surface area contributed by atoms with Crippen LogP contribution in [-0.2, 0) is 14.3 Å². The van der Waals surface area contributed by atoms with Gasteiger partial charge in [-0.05, 0) is 26.0 Å². The number of amides is 2. The molecule has 2 amide bonds. The molecule has 0 aliphatic carbocycles. The Kier molecular flexibility index (Phi) is 9.67. The lowest BCUT2D eigenvalue weighted by Gasteiger charge is -2.13. The van der Waals surface area contributed by atoms with Gasteiger partial charge in [0.15, 0.2) is 6.61 Å². The maximum atomic E-state index is 12.5. The van der Waals surface area contributed by atoms with Crippen molar-refractivity contribution in [3.05, 3.63) is 47.0 Å². The molecule has 2 aromatic rings. The molecule has 2 N–H and O–H groups in total. The second-order valence-electron chi connectivity index (χ2n) is 6.82. The summed E-state index contributed by atoms with van der Waals surface area (Å²) in [5, 5.41) is 5.72. The van der Waals surface area contributed by atoms with Crippen molar-refractivity contribution >= 4 is 46.8 Å². The zero-order valence-electron chi connectivity index (χ0n) is 18.2. The number of carbonyl (C=O) groups is 3. The first-order valence-electron chi connectivity index (χ1n) is 9.64. The van der Waals surface area contributed by atoms with Crippen LogP contribution in [0.3, 0.4) is 0 Å². The highest BCUT2D eigenvalue weighted by Crippen LogP contribution is 2.35. The highest BCUT2D eigenvalue weighted by molar-refractivity contribution is 8.00. The minimum absolute atomic E-state index is 0.0288. The number of nitrogens with one attached hydrogen (secondary N) is 2. The van der Waals surface area contributed by atoms with Crippen molar-refractivity contribution in [3.8, 4) is 11.5 Å². The van der Waals surface area contributed by atoms with Gasteiger partial charge in [0.1, 0.15) is 11.5 Å². The zero-order valence-corrected chi connectivity index (χ0v) is 19.8. The second kappa shape index (κ2) is 12.2. The molecule has 172 valence electrons. The van der Waals surface area contributed by atoms with Crippen LogP contribution in [0.25, 0.3) is 0 Å². The predicted octanol–water partition coefficient (Wildman–Crippen LogP) is 3.77. The summed E-state index contributed by atoms with van der Waals surface area (Å²) < 4.78 is 15.5. The Labute approximate surface area is 195 Å². The van der Waals surface area contributed by atoms with Gasteiger partial charge in [0.25, 0.3) is 5.91 Å². The molecular formula is C22H25ClN2O6S. The molecular weight excluding hydrogens is 456 g/mol. The van der Waals surface area contributed by atoms with Crippen LogP contribution in [0.1, 0.15) is 24.2 Å². The van der Waals surface area contributed by atoms with E-state index in [1.165, 1.54) is 38.1 Å². The van der Waals surface area contributed by atoms with Crippen molar-refractivity contribution < 1.29 is 28.6 Å². The van der Waals surface area contributed by atoms with Crippen LogP contribution in [0.4, 0.5) is 5.69 Å². The molecule has 0 aliphatic heterocycles. The van der Waals surface area contributed by atoms with E-state index in [-0.39, 0.29) is 23.3 Å². The molecule has 0 bridgehead atoms. The molecule has 2 rings (SSSR count). The van der Waals surface area contributed by atoms with E-state index < -0.39 is 18.5 Å². The molecule has 0 radical (unpaired) electrons. The van der Waals surface area contributed by atoms with Gasteiger partial charge in [0.05, 0.1) is 36.2 Å². The van der Waals surface area contributed by atoms with E-state index in [1.807, 2.05) is 13.8 Å². The van der Waals surface area contributed by atoms with E-state index in [1.54, 1.807) is 24.3 Å². The number of thioether (sulfide) groups is 1. The first-order valence-corrected chi connectivity index (χ1v) is 11.0.